The number of amides is 2. The Bertz CT molecular complexity index is 600. The lowest BCUT2D eigenvalue weighted by atomic mass is 9.97. The summed E-state index contributed by atoms with van der Waals surface area (Å²) in [5.74, 6) is 0.245. The first-order valence-corrected chi connectivity index (χ1v) is 9.29. The molecule has 0 radical (unpaired) electrons. The molecule has 0 atom stereocenters. The summed E-state index contributed by atoms with van der Waals surface area (Å²) >= 11 is 0. The second kappa shape index (κ2) is 8.00. The van der Waals surface area contributed by atoms with Crippen molar-refractivity contribution >= 4 is 11.8 Å². The number of hydrogen-bond acceptors (Lipinski definition) is 3. The maximum absolute atomic E-state index is 12.7. The van der Waals surface area contributed by atoms with Gasteiger partial charge in [-0.05, 0) is 44.7 Å². The van der Waals surface area contributed by atoms with Crippen molar-refractivity contribution in [3.05, 3.63) is 35.4 Å². The third-order valence-corrected chi connectivity index (χ3v) is 5.39. The van der Waals surface area contributed by atoms with E-state index in [4.69, 9.17) is 4.74 Å². The van der Waals surface area contributed by atoms with E-state index in [0.29, 0.717) is 13.1 Å². The molecule has 136 valence electrons. The molecule has 0 aliphatic carbocycles. The van der Waals surface area contributed by atoms with Gasteiger partial charge in [0.25, 0.3) is 5.91 Å². The van der Waals surface area contributed by atoms with Gasteiger partial charge in [0, 0.05) is 50.9 Å². The molecule has 0 bridgehead atoms. The smallest absolute Gasteiger partial charge is 0.253 e. The van der Waals surface area contributed by atoms with Gasteiger partial charge in [-0.1, -0.05) is 17.7 Å². The third-order valence-electron chi connectivity index (χ3n) is 5.39. The molecule has 0 N–H and O–H groups in total. The summed E-state index contributed by atoms with van der Waals surface area (Å²) in [6.07, 6.45) is 3.55. The third kappa shape index (κ3) is 4.21. The van der Waals surface area contributed by atoms with E-state index >= 15 is 0 Å². The Morgan fingerprint density at radius 2 is 1.56 bits per heavy atom. The number of rotatable bonds is 3. The zero-order valence-corrected chi connectivity index (χ0v) is 15.2. The predicted molar refractivity (Wildman–Crippen MR) is 96.5 cm³/mol. The number of ether oxygens (including phenoxy) is 1. The quantitative estimate of drug-likeness (QED) is 0.847. The zero-order valence-electron chi connectivity index (χ0n) is 15.2. The van der Waals surface area contributed by atoms with Crippen molar-refractivity contribution in [1.29, 1.82) is 0 Å². The maximum Gasteiger partial charge on any atom is 0.253 e. The first-order valence-electron chi connectivity index (χ1n) is 9.29. The second-order valence-electron chi connectivity index (χ2n) is 7.16. The van der Waals surface area contributed by atoms with Gasteiger partial charge in [0.1, 0.15) is 0 Å². The summed E-state index contributed by atoms with van der Waals surface area (Å²) in [6.45, 7) is 6.58. The molecule has 2 heterocycles. The van der Waals surface area contributed by atoms with Crippen LogP contribution in [0.1, 0.15) is 48.5 Å². The largest absolute Gasteiger partial charge is 0.381 e. The Labute approximate surface area is 149 Å². The normalized spacial score (nSPS) is 19.7. The number of carbonyl (C=O) groups is 2. The minimum atomic E-state index is 0.0962. The van der Waals surface area contributed by atoms with Crippen LogP contribution in [0.4, 0.5) is 0 Å². The van der Waals surface area contributed by atoms with E-state index in [9.17, 15) is 9.59 Å². The summed E-state index contributed by atoms with van der Waals surface area (Å²) in [5.41, 5.74) is 1.90. The number of piperidine rings is 1. The monoisotopic (exact) mass is 344 g/mol. The second-order valence-corrected chi connectivity index (χ2v) is 7.16. The maximum atomic E-state index is 12.7. The van der Waals surface area contributed by atoms with Gasteiger partial charge in [-0.3, -0.25) is 9.59 Å². The van der Waals surface area contributed by atoms with Crippen LogP contribution in [0.2, 0.25) is 0 Å². The van der Waals surface area contributed by atoms with E-state index in [-0.39, 0.29) is 23.9 Å². The van der Waals surface area contributed by atoms with Gasteiger partial charge in [-0.2, -0.15) is 0 Å². The van der Waals surface area contributed by atoms with Crippen LogP contribution >= 0.6 is 0 Å². The number of aryl methyl sites for hydroxylation is 1. The minimum absolute atomic E-state index is 0.0962. The van der Waals surface area contributed by atoms with E-state index in [1.807, 2.05) is 36.1 Å². The molecule has 5 heteroatoms. The van der Waals surface area contributed by atoms with Gasteiger partial charge in [-0.15, -0.1) is 0 Å². The molecule has 0 spiro atoms. The van der Waals surface area contributed by atoms with Crippen LogP contribution < -0.4 is 0 Å². The van der Waals surface area contributed by atoms with Gasteiger partial charge < -0.3 is 14.5 Å². The van der Waals surface area contributed by atoms with Crippen molar-refractivity contribution in [1.82, 2.24) is 9.80 Å². The first kappa shape index (κ1) is 17.9. The van der Waals surface area contributed by atoms with Crippen LogP contribution in [0, 0.1) is 6.92 Å². The molecule has 0 saturated carbocycles. The Morgan fingerprint density at radius 3 is 2.12 bits per heavy atom. The average Bonchev–Trinajstić information content (AvgIpc) is 2.63. The topological polar surface area (TPSA) is 49.9 Å². The van der Waals surface area contributed by atoms with Crippen molar-refractivity contribution in [3.8, 4) is 0 Å². The lowest BCUT2D eigenvalue weighted by molar-refractivity contribution is -0.137. The molecule has 3 rings (SSSR count). The number of nitrogens with zero attached hydrogens (tertiary/aromatic N) is 2. The molecule has 0 aromatic heterocycles. The van der Waals surface area contributed by atoms with Gasteiger partial charge in [0.2, 0.25) is 5.91 Å². The summed E-state index contributed by atoms with van der Waals surface area (Å²) < 4.78 is 5.43. The highest BCUT2D eigenvalue weighted by molar-refractivity contribution is 5.94. The number of likely N-dealkylation sites (tertiary alicyclic amines) is 1. The standard InChI is InChI=1S/C20H28N2O3/c1-15-3-5-17(6-4-15)20(24)21-11-7-18(8-12-21)22(16(2)23)19-9-13-25-14-10-19/h3-6,18-19H,7-14H2,1-2H3. The molecule has 2 saturated heterocycles. The fourth-order valence-electron chi connectivity index (χ4n) is 4.00. The zero-order chi connectivity index (χ0) is 17.8. The van der Waals surface area contributed by atoms with E-state index in [1.54, 1.807) is 6.92 Å². The lowest BCUT2D eigenvalue weighted by Crippen LogP contribution is -2.53. The van der Waals surface area contributed by atoms with E-state index in [2.05, 4.69) is 4.90 Å². The van der Waals surface area contributed by atoms with Crippen LogP contribution in [0.3, 0.4) is 0 Å². The van der Waals surface area contributed by atoms with Crippen LogP contribution in [0.5, 0.6) is 0 Å². The molecule has 5 nitrogen and oxygen atoms in total. The molecule has 2 fully saturated rings. The Hall–Kier alpha value is -1.88. The molecular formula is C20H28N2O3. The Kier molecular flexibility index (Phi) is 5.74. The van der Waals surface area contributed by atoms with E-state index < -0.39 is 0 Å². The van der Waals surface area contributed by atoms with Crippen molar-refractivity contribution in [2.45, 2.75) is 51.6 Å². The molecule has 0 unspecified atom stereocenters. The van der Waals surface area contributed by atoms with Crippen LogP contribution in [0.25, 0.3) is 0 Å². The van der Waals surface area contributed by atoms with E-state index in [1.165, 1.54) is 0 Å². The first-order chi connectivity index (χ1) is 12.1. The molecule has 25 heavy (non-hydrogen) atoms. The highest BCUT2D eigenvalue weighted by Crippen LogP contribution is 2.24. The van der Waals surface area contributed by atoms with E-state index in [0.717, 1.165) is 50.0 Å². The highest BCUT2D eigenvalue weighted by Gasteiger charge is 2.33. The minimum Gasteiger partial charge on any atom is -0.381 e. The fourth-order valence-corrected chi connectivity index (χ4v) is 4.00. The summed E-state index contributed by atoms with van der Waals surface area (Å²) in [5, 5.41) is 0. The number of benzene rings is 1. The summed E-state index contributed by atoms with van der Waals surface area (Å²) in [7, 11) is 0. The van der Waals surface area contributed by atoms with Crippen molar-refractivity contribution in [2.75, 3.05) is 26.3 Å². The van der Waals surface area contributed by atoms with Crippen LogP contribution in [0.15, 0.2) is 24.3 Å². The van der Waals surface area contributed by atoms with Crippen molar-refractivity contribution < 1.29 is 14.3 Å². The lowest BCUT2D eigenvalue weighted by Gasteiger charge is -2.43. The van der Waals surface area contributed by atoms with Gasteiger partial charge >= 0.3 is 0 Å². The van der Waals surface area contributed by atoms with Gasteiger partial charge in [-0.25, -0.2) is 0 Å². The summed E-state index contributed by atoms with van der Waals surface area (Å²) in [4.78, 5) is 28.9. The van der Waals surface area contributed by atoms with Crippen molar-refractivity contribution in [2.24, 2.45) is 0 Å². The highest BCUT2D eigenvalue weighted by atomic mass is 16.5. The van der Waals surface area contributed by atoms with Gasteiger partial charge in [0.15, 0.2) is 0 Å². The van der Waals surface area contributed by atoms with Crippen LogP contribution in [-0.4, -0.2) is 60.0 Å². The molecule has 2 aliphatic rings. The Morgan fingerprint density at radius 1 is 1.00 bits per heavy atom. The molecule has 2 aliphatic heterocycles. The number of hydrogen-bond donors (Lipinski definition) is 0. The average molecular weight is 344 g/mol. The van der Waals surface area contributed by atoms with Crippen LogP contribution in [-0.2, 0) is 9.53 Å². The molecule has 2 amide bonds. The molecule has 1 aromatic carbocycles. The van der Waals surface area contributed by atoms with Gasteiger partial charge in [0.05, 0.1) is 0 Å². The number of carbonyl (C=O) groups excluding carboxylic acids is 2. The summed E-state index contributed by atoms with van der Waals surface area (Å²) in [6, 6.07) is 8.27. The fraction of sp³-hybridized carbons (Fsp3) is 0.600. The molecular weight excluding hydrogens is 316 g/mol. The van der Waals surface area contributed by atoms with Crippen molar-refractivity contribution in [3.63, 3.8) is 0 Å². The predicted octanol–water partition coefficient (Wildman–Crippen LogP) is 2.63. The molecule has 1 aromatic rings. The SMILES string of the molecule is CC(=O)N(C1CCOCC1)C1CCN(C(=O)c2ccc(C)cc2)CC1. The Balaban J connectivity index is 1.60.